The van der Waals surface area contributed by atoms with E-state index in [0.29, 0.717) is 18.7 Å². The van der Waals surface area contributed by atoms with Crippen molar-refractivity contribution in [1.29, 1.82) is 0 Å². The first-order valence-corrected chi connectivity index (χ1v) is 5.38. The van der Waals surface area contributed by atoms with Crippen LogP contribution in [0.4, 0.5) is 4.39 Å². The van der Waals surface area contributed by atoms with Crippen molar-refractivity contribution >= 4 is 5.91 Å². The van der Waals surface area contributed by atoms with Gasteiger partial charge in [0.15, 0.2) is 0 Å². The molecule has 3 nitrogen and oxygen atoms in total. The highest BCUT2D eigenvalue weighted by Gasteiger charge is 2.24. The number of nitrogens with two attached hydrogens (primary N) is 1. The minimum atomic E-state index is -0.369. The highest BCUT2D eigenvalue weighted by atomic mass is 19.1. The van der Waals surface area contributed by atoms with Gasteiger partial charge < -0.3 is 10.6 Å². The topological polar surface area (TPSA) is 46.3 Å². The van der Waals surface area contributed by atoms with Crippen LogP contribution < -0.4 is 5.73 Å². The number of hydrogen-bond donors (Lipinski definition) is 1. The molecule has 1 saturated heterocycles. The van der Waals surface area contributed by atoms with Crippen molar-refractivity contribution in [2.24, 2.45) is 5.73 Å². The lowest BCUT2D eigenvalue weighted by molar-refractivity contribution is 0.0790. The molecule has 1 aromatic rings. The highest BCUT2D eigenvalue weighted by molar-refractivity contribution is 5.94. The molecule has 0 aromatic heterocycles. The van der Waals surface area contributed by atoms with E-state index in [1.807, 2.05) is 0 Å². The molecule has 86 valence electrons. The third-order valence-corrected chi connectivity index (χ3v) is 2.80. The van der Waals surface area contributed by atoms with E-state index in [-0.39, 0.29) is 17.8 Å². The summed E-state index contributed by atoms with van der Waals surface area (Å²) in [5.74, 6) is -0.498. The smallest absolute Gasteiger partial charge is 0.254 e. The van der Waals surface area contributed by atoms with E-state index in [4.69, 9.17) is 5.73 Å². The van der Waals surface area contributed by atoms with Crippen molar-refractivity contribution in [2.45, 2.75) is 19.4 Å². The Morgan fingerprint density at radius 2 is 2.25 bits per heavy atom. The molecule has 1 aromatic carbocycles. The molecule has 0 aliphatic carbocycles. The van der Waals surface area contributed by atoms with Crippen LogP contribution in [0, 0.1) is 12.7 Å². The van der Waals surface area contributed by atoms with Crippen molar-refractivity contribution in [3.8, 4) is 0 Å². The number of benzene rings is 1. The van der Waals surface area contributed by atoms with Gasteiger partial charge in [0.1, 0.15) is 5.82 Å². The maximum absolute atomic E-state index is 13.2. The maximum Gasteiger partial charge on any atom is 0.254 e. The molecule has 1 atom stereocenters. The SMILES string of the molecule is Cc1cc(F)cc(C(=O)N2CCC(N)C2)c1. The number of halogens is 1. The van der Waals surface area contributed by atoms with Crippen LogP contribution in [0.1, 0.15) is 22.3 Å². The molecular weight excluding hydrogens is 207 g/mol. The number of likely N-dealkylation sites (tertiary alicyclic amines) is 1. The van der Waals surface area contributed by atoms with Gasteiger partial charge >= 0.3 is 0 Å². The van der Waals surface area contributed by atoms with Gasteiger partial charge in [0.25, 0.3) is 5.91 Å². The van der Waals surface area contributed by atoms with Gasteiger partial charge in [0, 0.05) is 24.7 Å². The number of rotatable bonds is 1. The van der Waals surface area contributed by atoms with Gasteiger partial charge in [-0.15, -0.1) is 0 Å². The Kier molecular flexibility index (Phi) is 2.92. The zero-order valence-electron chi connectivity index (χ0n) is 9.24. The first kappa shape index (κ1) is 11.1. The number of carbonyl (C=O) groups is 1. The molecule has 0 radical (unpaired) electrons. The fourth-order valence-corrected chi connectivity index (χ4v) is 2.01. The van der Waals surface area contributed by atoms with Crippen LogP contribution in [0.2, 0.25) is 0 Å². The zero-order chi connectivity index (χ0) is 11.7. The van der Waals surface area contributed by atoms with E-state index in [1.54, 1.807) is 17.9 Å². The normalized spacial score (nSPS) is 20.2. The molecule has 0 saturated carbocycles. The average Bonchev–Trinajstić information content (AvgIpc) is 2.62. The molecule has 1 aliphatic rings. The lowest BCUT2D eigenvalue weighted by Crippen LogP contribution is -2.31. The first-order chi connectivity index (χ1) is 7.56. The monoisotopic (exact) mass is 222 g/mol. The molecular formula is C12H15FN2O. The number of amides is 1. The molecule has 0 bridgehead atoms. The van der Waals surface area contributed by atoms with E-state index in [2.05, 4.69) is 0 Å². The van der Waals surface area contributed by atoms with Crippen molar-refractivity contribution in [3.63, 3.8) is 0 Å². The van der Waals surface area contributed by atoms with Crippen LogP contribution in [0.15, 0.2) is 18.2 Å². The summed E-state index contributed by atoms with van der Waals surface area (Å²) in [5.41, 5.74) is 6.90. The molecule has 4 heteroatoms. The summed E-state index contributed by atoms with van der Waals surface area (Å²) in [7, 11) is 0. The lowest BCUT2D eigenvalue weighted by Gasteiger charge is -2.16. The van der Waals surface area contributed by atoms with Crippen LogP contribution in [0.25, 0.3) is 0 Å². The molecule has 2 rings (SSSR count). The first-order valence-electron chi connectivity index (χ1n) is 5.38. The summed E-state index contributed by atoms with van der Waals surface area (Å²) in [6.07, 6.45) is 0.819. The van der Waals surface area contributed by atoms with Crippen molar-refractivity contribution < 1.29 is 9.18 Å². The number of carbonyl (C=O) groups excluding carboxylic acids is 1. The van der Waals surface area contributed by atoms with Crippen molar-refractivity contribution in [1.82, 2.24) is 4.90 Å². The van der Waals surface area contributed by atoms with Gasteiger partial charge in [0.05, 0.1) is 0 Å². The van der Waals surface area contributed by atoms with Gasteiger partial charge in [0.2, 0.25) is 0 Å². The molecule has 2 N–H and O–H groups in total. The van der Waals surface area contributed by atoms with Crippen LogP contribution in [-0.4, -0.2) is 29.9 Å². The molecule has 1 aliphatic heterocycles. The van der Waals surface area contributed by atoms with Crippen LogP contribution >= 0.6 is 0 Å². The molecule has 1 amide bonds. The van der Waals surface area contributed by atoms with Gasteiger partial charge in [-0.25, -0.2) is 4.39 Å². The third-order valence-electron chi connectivity index (χ3n) is 2.80. The van der Waals surface area contributed by atoms with Crippen LogP contribution in [0.3, 0.4) is 0 Å². The second-order valence-electron chi connectivity index (χ2n) is 4.32. The van der Waals surface area contributed by atoms with Gasteiger partial charge in [-0.3, -0.25) is 4.79 Å². The Labute approximate surface area is 94.0 Å². The summed E-state index contributed by atoms with van der Waals surface area (Å²) in [6, 6.07) is 4.44. The predicted octanol–water partition coefficient (Wildman–Crippen LogP) is 1.31. The lowest BCUT2D eigenvalue weighted by atomic mass is 10.1. The zero-order valence-corrected chi connectivity index (χ0v) is 9.24. The molecule has 0 spiro atoms. The van der Waals surface area contributed by atoms with Crippen molar-refractivity contribution in [3.05, 3.63) is 35.1 Å². The molecule has 16 heavy (non-hydrogen) atoms. The Morgan fingerprint density at radius 3 is 2.81 bits per heavy atom. The van der Waals surface area contributed by atoms with E-state index in [9.17, 15) is 9.18 Å². The quantitative estimate of drug-likeness (QED) is 0.778. The van der Waals surface area contributed by atoms with Crippen molar-refractivity contribution in [2.75, 3.05) is 13.1 Å². The summed E-state index contributed by atoms with van der Waals surface area (Å²) in [5, 5.41) is 0. The second kappa shape index (κ2) is 4.22. The van der Waals surface area contributed by atoms with Gasteiger partial charge in [-0.2, -0.15) is 0 Å². The minimum Gasteiger partial charge on any atom is -0.337 e. The van der Waals surface area contributed by atoms with E-state index in [0.717, 1.165) is 12.0 Å². The van der Waals surface area contributed by atoms with Gasteiger partial charge in [-0.05, 0) is 37.1 Å². The number of hydrogen-bond acceptors (Lipinski definition) is 2. The highest BCUT2D eigenvalue weighted by Crippen LogP contribution is 2.15. The molecule has 1 unspecified atom stereocenters. The maximum atomic E-state index is 13.2. The third kappa shape index (κ3) is 2.22. The molecule has 1 fully saturated rings. The van der Waals surface area contributed by atoms with E-state index in [1.165, 1.54) is 12.1 Å². The van der Waals surface area contributed by atoms with Crippen LogP contribution in [0.5, 0.6) is 0 Å². The Hall–Kier alpha value is -1.42. The largest absolute Gasteiger partial charge is 0.337 e. The fourth-order valence-electron chi connectivity index (χ4n) is 2.01. The summed E-state index contributed by atoms with van der Waals surface area (Å²) in [6.45, 7) is 3.00. The summed E-state index contributed by atoms with van der Waals surface area (Å²) in [4.78, 5) is 13.7. The minimum absolute atomic E-state index is 0.0543. The fraction of sp³-hybridized carbons (Fsp3) is 0.417. The number of nitrogens with zero attached hydrogens (tertiary/aromatic N) is 1. The Bertz CT molecular complexity index is 399. The number of aryl methyl sites for hydroxylation is 1. The molecule has 1 heterocycles. The van der Waals surface area contributed by atoms with Crippen LogP contribution in [-0.2, 0) is 0 Å². The van der Waals surface area contributed by atoms with E-state index >= 15 is 0 Å². The van der Waals surface area contributed by atoms with E-state index < -0.39 is 0 Å². The second-order valence-corrected chi connectivity index (χ2v) is 4.32. The Balaban J connectivity index is 2.20. The predicted molar refractivity (Wildman–Crippen MR) is 59.6 cm³/mol. The van der Waals surface area contributed by atoms with Gasteiger partial charge in [-0.1, -0.05) is 0 Å². The standard InChI is InChI=1S/C12H15FN2O/c1-8-4-9(6-10(13)5-8)12(16)15-3-2-11(14)7-15/h4-6,11H,2-3,7,14H2,1H3. The summed E-state index contributed by atoms with van der Waals surface area (Å²) >= 11 is 0. The summed E-state index contributed by atoms with van der Waals surface area (Å²) < 4.78 is 13.2. The average molecular weight is 222 g/mol. The Morgan fingerprint density at radius 1 is 1.50 bits per heavy atom.